The summed E-state index contributed by atoms with van der Waals surface area (Å²) in [6.45, 7) is 4.33. The maximum absolute atomic E-state index is 12.5. The van der Waals surface area contributed by atoms with Gasteiger partial charge < -0.3 is 19.5 Å². The van der Waals surface area contributed by atoms with E-state index in [-0.39, 0.29) is 11.8 Å². The zero-order valence-corrected chi connectivity index (χ0v) is 12.2. The number of amides is 1. The number of β-amino-alcohol motifs (C(OH)–C–C–N with tert-alkyl or cyclic N) is 1. The van der Waals surface area contributed by atoms with E-state index in [0.717, 1.165) is 12.8 Å². The van der Waals surface area contributed by atoms with Gasteiger partial charge in [-0.2, -0.15) is 0 Å². The molecule has 1 aromatic rings. The first kappa shape index (κ1) is 14.2. The van der Waals surface area contributed by atoms with Crippen molar-refractivity contribution in [1.82, 2.24) is 4.90 Å². The quantitative estimate of drug-likeness (QED) is 0.855. The van der Waals surface area contributed by atoms with Gasteiger partial charge in [-0.3, -0.25) is 4.79 Å². The van der Waals surface area contributed by atoms with Crippen LogP contribution in [0.4, 0.5) is 0 Å². The fraction of sp³-hybridized carbons (Fsp3) is 0.562. The second kappa shape index (κ2) is 5.93. The Morgan fingerprint density at radius 1 is 1.29 bits per heavy atom. The number of ether oxygens (including phenoxy) is 2. The third-order valence-electron chi connectivity index (χ3n) is 4.20. The number of aliphatic hydroxyl groups excluding tert-OH is 1. The van der Waals surface area contributed by atoms with Gasteiger partial charge in [-0.15, -0.1) is 0 Å². The maximum atomic E-state index is 12.5. The highest BCUT2D eigenvalue weighted by molar-refractivity contribution is 5.95. The molecule has 0 radical (unpaired) electrons. The van der Waals surface area contributed by atoms with Gasteiger partial charge in [-0.25, -0.2) is 0 Å². The van der Waals surface area contributed by atoms with Crippen molar-refractivity contribution in [3.63, 3.8) is 0 Å². The van der Waals surface area contributed by atoms with Gasteiger partial charge in [0.15, 0.2) is 11.5 Å². The summed E-state index contributed by atoms with van der Waals surface area (Å²) in [6.07, 6.45) is 1.23. The second-order valence-corrected chi connectivity index (χ2v) is 5.80. The standard InChI is InChI=1S/C16H21NO4/c1-11-5-6-17(10-13(11)18)16(19)12-3-4-14-15(9-12)21-8-2-7-20-14/h3-4,9,11,13,18H,2,5-8,10H2,1H3. The Hall–Kier alpha value is -1.75. The normalized spacial score (nSPS) is 25.3. The SMILES string of the molecule is CC1CCN(C(=O)c2ccc3c(c2)OCCCO3)CC1O. The molecule has 0 aliphatic carbocycles. The van der Waals surface area contributed by atoms with Crippen LogP contribution in [-0.4, -0.2) is 48.3 Å². The predicted molar refractivity (Wildman–Crippen MR) is 77.7 cm³/mol. The topological polar surface area (TPSA) is 59.0 Å². The number of aliphatic hydroxyl groups is 1. The summed E-state index contributed by atoms with van der Waals surface area (Å²) in [4.78, 5) is 14.3. The summed E-state index contributed by atoms with van der Waals surface area (Å²) in [7, 11) is 0. The van der Waals surface area contributed by atoms with Crippen LogP contribution in [0.15, 0.2) is 18.2 Å². The highest BCUT2D eigenvalue weighted by Crippen LogP contribution is 2.31. The van der Waals surface area contributed by atoms with Crippen LogP contribution >= 0.6 is 0 Å². The lowest BCUT2D eigenvalue weighted by Crippen LogP contribution is -2.45. The van der Waals surface area contributed by atoms with Crippen LogP contribution in [0.5, 0.6) is 11.5 Å². The largest absolute Gasteiger partial charge is 0.490 e. The molecule has 2 atom stereocenters. The summed E-state index contributed by atoms with van der Waals surface area (Å²) in [6, 6.07) is 5.30. The van der Waals surface area contributed by atoms with Gasteiger partial charge in [0.1, 0.15) is 0 Å². The first-order valence-electron chi connectivity index (χ1n) is 7.52. The van der Waals surface area contributed by atoms with E-state index >= 15 is 0 Å². The number of hydrogen-bond acceptors (Lipinski definition) is 4. The molecule has 0 bridgehead atoms. The Balaban J connectivity index is 1.77. The molecular formula is C16H21NO4. The lowest BCUT2D eigenvalue weighted by atomic mass is 9.95. The number of benzene rings is 1. The van der Waals surface area contributed by atoms with Crippen LogP contribution in [0.1, 0.15) is 30.1 Å². The molecule has 21 heavy (non-hydrogen) atoms. The average molecular weight is 291 g/mol. The van der Waals surface area contributed by atoms with E-state index in [0.29, 0.717) is 43.4 Å². The number of carbonyl (C=O) groups is 1. The van der Waals surface area contributed by atoms with Crippen molar-refractivity contribution in [2.75, 3.05) is 26.3 Å². The molecule has 1 N–H and O–H groups in total. The Labute approximate surface area is 124 Å². The zero-order chi connectivity index (χ0) is 14.8. The molecule has 1 fully saturated rings. The third-order valence-corrected chi connectivity index (χ3v) is 4.20. The predicted octanol–water partition coefficient (Wildman–Crippen LogP) is 1.69. The highest BCUT2D eigenvalue weighted by atomic mass is 16.5. The second-order valence-electron chi connectivity index (χ2n) is 5.80. The van der Waals surface area contributed by atoms with Gasteiger partial charge >= 0.3 is 0 Å². The molecule has 3 rings (SSSR count). The molecule has 1 amide bonds. The molecule has 5 nitrogen and oxygen atoms in total. The van der Waals surface area contributed by atoms with Crippen molar-refractivity contribution >= 4 is 5.91 Å². The fourth-order valence-corrected chi connectivity index (χ4v) is 2.71. The Morgan fingerprint density at radius 2 is 2.05 bits per heavy atom. The van der Waals surface area contributed by atoms with Crippen molar-refractivity contribution < 1.29 is 19.4 Å². The third kappa shape index (κ3) is 2.97. The van der Waals surface area contributed by atoms with Crippen LogP contribution in [0.3, 0.4) is 0 Å². The summed E-state index contributed by atoms with van der Waals surface area (Å²) in [5, 5.41) is 9.93. The van der Waals surface area contributed by atoms with Gasteiger partial charge in [-0.05, 0) is 30.5 Å². The lowest BCUT2D eigenvalue weighted by molar-refractivity contribution is 0.0248. The number of nitrogens with zero attached hydrogens (tertiary/aromatic N) is 1. The van der Waals surface area contributed by atoms with Gasteiger partial charge in [0, 0.05) is 25.1 Å². The molecule has 5 heteroatoms. The molecule has 2 aliphatic rings. The van der Waals surface area contributed by atoms with Crippen molar-refractivity contribution in [2.45, 2.75) is 25.9 Å². The molecule has 0 spiro atoms. The van der Waals surface area contributed by atoms with Crippen LogP contribution in [0.25, 0.3) is 0 Å². The van der Waals surface area contributed by atoms with Crippen LogP contribution in [0.2, 0.25) is 0 Å². The number of fused-ring (bicyclic) bond motifs is 1. The molecular weight excluding hydrogens is 270 g/mol. The van der Waals surface area contributed by atoms with Crippen LogP contribution < -0.4 is 9.47 Å². The van der Waals surface area contributed by atoms with E-state index in [1.165, 1.54) is 0 Å². The Bertz CT molecular complexity index is 531. The van der Waals surface area contributed by atoms with Crippen molar-refractivity contribution in [2.24, 2.45) is 5.92 Å². The van der Waals surface area contributed by atoms with E-state index in [9.17, 15) is 9.90 Å². The van der Waals surface area contributed by atoms with E-state index in [1.54, 1.807) is 23.1 Å². The molecule has 0 aromatic heterocycles. The Morgan fingerprint density at radius 3 is 2.81 bits per heavy atom. The summed E-state index contributed by atoms with van der Waals surface area (Å²) < 4.78 is 11.2. The van der Waals surface area contributed by atoms with Gasteiger partial charge in [-0.1, -0.05) is 6.92 Å². The average Bonchev–Trinajstić information content (AvgIpc) is 2.73. The number of likely N-dealkylation sites (tertiary alicyclic amines) is 1. The molecule has 0 saturated carbocycles. The van der Waals surface area contributed by atoms with Crippen LogP contribution in [0, 0.1) is 5.92 Å². The van der Waals surface area contributed by atoms with Crippen LogP contribution in [-0.2, 0) is 0 Å². The first-order valence-corrected chi connectivity index (χ1v) is 7.52. The van der Waals surface area contributed by atoms with Gasteiger partial charge in [0.05, 0.1) is 19.3 Å². The van der Waals surface area contributed by atoms with E-state index in [2.05, 4.69) is 0 Å². The zero-order valence-electron chi connectivity index (χ0n) is 12.2. The number of piperidine rings is 1. The lowest BCUT2D eigenvalue weighted by Gasteiger charge is -2.34. The van der Waals surface area contributed by atoms with Gasteiger partial charge in [0.25, 0.3) is 5.91 Å². The van der Waals surface area contributed by atoms with Crippen molar-refractivity contribution in [1.29, 1.82) is 0 Å². The number of carbonyl (C=O) groups excluding carboxylic acids is 1. The minimum absolute atomic E-state index is 0.0587. The van der Waals surface area contributed by atoms with E-state index in [1.807, 2.05) is 6.92 Å². The summed E-state index contributed by atoms with van der Waals surface area (Å²) >= 11 is 0. The minimum Gasteiger partial charge on any atom is -0.490 e. The molecule has 114 valence electrons. The number of rotatable bonds is 1. The molecule has 1 aromatic carbocycles. The summed E-state index contributed by atoms with van der Waals surface area (Å²) in [5.74, 6) is 1.51. The summed E-state index contributed by atoms with van der Waals surface area (Å²) in [5.41, 5.74) is 0.584. The highest BCUT2D eigenvalue weighted by Gasteiger charge is 2.28. The molecule has 2 unspecified atom stereocenters. The number of hydrogen-bond donors (Lipinski definition) is 1. The van der Waals surface area contributed by atoms with Crippen molar-refractivity contribution in [3.8, 4) is 11.5 Å². The maximum Gasteiger partial charge on any atom is 0.254 e. The molecule has 1 saturated heterocycles. The molecule has 2 heterocycles. The monoisotopic (exact) mass is 291 g/mol. The minimum atomic E-state index is -0.442. The first-order chi connectivity index (χ1) is 10.1. The molecule has 2 aliphatic heterocycles. The van der Waals surface area contributed by atoms with Crippen molar-refractivity contribution in [3.05, 3.63) is 23.8 Å². The smallest absolute Gasteiger partial charge is 0.254 e. The fourth-order valence-electron chi connectivity index (χ4n) is 2.71. The van der Waals surface area contributed by atoms with E-state index < -0.39 is 6.10 Å². The van der Waals surface area contributed by atoms with E-state index in [4.69, 9.17) is 9.47 Å². The Kier molecular flexibility index (Phi) is 4.01. The van der Waals surface area contributed by atoms with Gasteiger partial charge in [0.2, 0.25) is 0 Å².